The maximum absolute atomic E-state index is 11.8. The molecule has 8 heteroatoms. The van der Waals surface area contributed by atoms with Gasteiger partial charge in [0.2, 0.25) is 0 Å². The van der Waals surface area contributed by atoms with Crippen molar-refractivity contribution in [3.8, 4) is 0 Å². The number of hydrogen-bond donors (Lipinski definition) is 1. The van der Waals surface area contributed by atoms with E-state index in [2.05, 4.69) is 12.2 Å². The molecule has 0 aromatic rings. The van der Waals surface area contributed by atoms with Crippen LogP contribution in [0.4, 0.5) is 8.78 Å². The van der Waals surface area contributed by atoms with E-state index in [9.17, 15) is 17.2 Å². The zero-order chi connectivity index (χ0) is 9.94. The zero-order valence-electron chi connectivity index (χ0n) is 6.20. The SMILES string of the molecule is CN(CC(N)=S)S(=O)(=O)C(F)F. The van der Waals surface area contributed by atoms with Crippen LogP contribution in [-0.2, 0) is 10.0 Å². The number of nitrogens with two attached hydrogens (primary N) is 1. The highest BCUT2D eigenvalue weighted by Gasteiger charge is 2.29. The molecule has 72 valence electrons. The summed E-state index contributed by atoms with van der Waals surface area (Å²) < 4.78 is 45.3. The van der Waals surface area contributed by atoms with Gasteiger partial charge in [-0.3, -0.25) is 0 Å². The van der Waals surface area contributed by atoms with Crippen molar-refractivity contribution >= 4 is 27.2 Å². The normalized spacial score (nSPS) is 12.4. The molecule has 0 radical (unpaired) electrons. The number of nitrogens with zero attached hydrogens (tertiary/aromatic N) is 1. The maximum Gasteiger partial charge on any atom is 0.350 e. The number of halogens is 2. The number of alkyl halides is 2. The van der Waals surface area contributed by atoms with Gasteiger partial charge in [0.25, 0.3) is 10.0 Å². The minimum Gasteiger partial charge on any atom is -0.392 e. The summed E-state index contributed by atoms with van der Waals surface area (Å²) in [6, 6.07) is 0. The van der Waals surface area contributed by atoms with Crippen molar-refractivity contribution in [1.82, 2.24) is 4.31 Å². The Morgan fingerprint density at radius 3 is 2.33 bits per heavy atom. The number of hydrogen-bond acceptors (Lipinski definition) is 3. The van der Waals surface area contributed by atoms with Crippen molar-refractivity contribution in [3.05, 3.63) is 0 Å². The van der Waals surface area contributed by atoms with Crippen LogP contribution in [0.25, 0.3) is 0 Å². The fourth-order valence-electron chi connectivity index (χ4n) is 0.445. The average molecular weight is 218 g/mol. The van der Waals surface area contributed by atoms with Crippen molar-refractivity contribution in [3.63, 3.8) is 0 Å². The van der Waals surface area contributed by atoms with Gasteiger partial charge >= 0.3 is 5.76 Å². The second kappa shape index (κ2) is 4.06. The lowest BCUT2D eigenvalue weighted by Crippen LogP contribution is -2.37. The summed E-state index contributed by atoms with van der Waals surface area (Å²) in [4.78, 5) is -0.151. The van der Waals surface area contributed by atoms with E-state index in [4.69, 9.17) is 5.73 Å². The summed E-state index contributed by atoms with van der Waals surface area (Å²) in [6.07, 6.45) is 0. The van der Waals surface area contributed by atoms with Crippen LogP contribution in [0.1, 0.15) is 0 Å². The molecule has 0 unspecified atom stereocenters. The monoisotopic (exact) mass is 218 g/mol. The number of likely N-dealkylation sites (N-methyl/N-ethyl adjacent to an activating group) is 1. The molecule has 0 aliphatic carbocycles. The van der Waals surface area contributed by atoms with Crippen molar-refractivity contribution in [2.24, 2.45) is 5.73 Å². The van der Waals surface area contributed by atoms with E-state index in [0.717, 1.165) is 7.05 Å². The quantitative estimate of drug-likeness (QED) is 0.661. The lowest BCUT2D eigenvalue weighted by Gasteiger charge is -2.14. The van der Waals surface area contributed by atoms with Gasteiger partial charge < -0.3 is 5.73 Å². The van der Waals surface area contributed by atoms with Gasteiger partial charge in [-0.15, -0.1) is 0 Å². The van der Waals surface area contributed by atoms with Crippen LogP contribution in [0.15, 0.2) is 0 Å². The van der Waals surface area contributed by atoms with Gasteiger partial charge in [-0.05, 0) is 0 Å². The average Bonchev–Trinajstić information content (AvgIpc) is 1.85. The van der Waals surface area contributed by atoms with Crippen molar-refractivity contribution in [1.29, 1.82) is 0 Å². The minimum atomic E-state index is -4.54. The predicted molar refractivity (Wildman–Crippen MR) is 44.3 cm³/mol. The highest BCUT2D eigenvalue weighted by molar-refractivity contribution is 7.89. The van der Waals surface area contributed by atoms with Gasteiger partial charge in [0.15, 0.2) is 0 Å². The van der Waals surface area contributed by atoms with Gasteiger partial charge in [0.1, 0.15) is 0 Å². The van der Waals surface area contributed by atoms with Gasteiger partial charge in [-0.25, -0.2) is 8.42 Å². The first-order chi connectivity index (χ1) is 5.28. The van der Waals surface area contributed by atoms with E-state index in [-0.39, 0.29) is 11.5 Å². The first-order valence-electron chi connectivity index (χ1n) is 2.80. The largest absolute Gasteiger partial charge is 0.392 e. The molecule has 0 heterocycles. The highest BCUT2D eigenvalue weighted by Crippen LogP contribution is 2.08. The lowest BCUT2D eigenvalue weighted by atomic mass is 10.7. The van der Waals surface area contributed by atoms with E-state index in [1.165, 1.54) is 0 Å². The van der Waals surface area contributed by atoms with Crippen LogP contribution in [-0.4, -0.2) is 37.1 Å². The Kier molecular flexibility index (Phi) is 3.94. The van der Waals surface area contributed by atoms with Crippen LogP contribution in [0.2, 0.25) is 0 Å². The minimum absolute atomic E-state index is 0.151. The van der Waals surface area contributed by atoms with Crippen molar-refractivity contribution in [2.75, 3.05) is 13.6 Å². The molecule has 0 aliphatic heterocycles. The third-order valence-corrected chi connectivity index (χ3v) is 2.62. The number of sulfonamides is 1. The Labute approximate surface area is 74.4 Å². The van der Waals surface area contributed by atoms with Crippen LogP contribution in [0, 0.1) is 0 Å². The van der Waals surface area contributed by atoms with E-state index in [1.807, 2.05) is 0 Å². The standard InChI is InChI=1S/C4H8F2N2O2S2/c1-8(2-3(7)11)12(9,10)4(5)6/h4H,2H2,1H3,(H2,7,11). The molecular weight excluding hydrogens is 210 g/mol. The molecule has 0 fully saturated rings. The Morgan fingerprint density at radius 1 is 1.67 bits per heavy atom. The first kappa shape index (κ1) is 11.7. The summed E-state index contributed by atoms with van der Waals surface area (Å²) in [7, 11) is -3.55. The molecule has 2 N–H and O–H groups in total. The molecular formula is C4H8F2N2O2S2. The third-order valence-electron chi connectivity index (χ3n) is 1.04. The molecule has 0 aromatic carbocycles. The molecule has 0 aromatic heterocycles. The second-order valence-electron chi connectivity index (χ2n) is 2.03. The molecule has 0 saturated heterocycles. The van der Waals surface area contributed by atoms with E-state index in [1.54, 1.807) is 0 Å². The Morgan fingerprint density at radius 2 is 2.08 bits per heavy atom. The molecule has 0 amide bonds. The molecule has 0 bridgehead atoms. The summed E-state index contributed by atoms with van der Waals surface area (Å²) in [6.45, 7) is -0.373. The molecule has 12 heavy (non-hydrogen) atoms. The van der Waals surface area contributed by atoms with E-state index >= 15 is 0 Å². The van der Waals surface area contributed by atoms with E-state index < -0.39 is 15.8 Å². The fraction of sp³-hybridized carbons (Fsp3) is 0.750. The molecule has 0 aliphatic rings. The topological polar surface area (TPSA) is 63.4 Å². The van der Waals surface area contributed by atoms with Crippen LogP contribution < -0.4 is 5.73 Å². The number of rotatable bonds is 4. The van der Waals surface area contributed by atoms with Gasteiger partial charge in [0.05, 0.1) is 11.5 Å². The van der Waals surface area contributed by atoms with Gasteiger partial charge in [0, 0.05) is 7.05 Å². The fourth-order valence-corrected chi connectivity index (χ4v) is 1.31. The van der Waals surface area contributed by atoms with Crippen LogP contribution in [0.5, 0.6) is 0 Å². The maximum atomic E-state index is 11.8. The summed E-state index contributed by atoms with van der Waals surface area (Å²) >= 11 is 4.35. The highest BCUT2D eigenvalue weighted by atomic mass is 32.2. The van der Waals surface area contributed by atoms with Crippen LogP contribution in [0.3, 0.4) is 0 Å². The molecule has 0 saturated carbocycles. The van der Waals surface area contributed by atoms with Gasteiger partial charge in [-0.1, -0.05) is 12.2 Å². The molecule has 0 rings (SSSR count). The van der Waals surface area contributed by atoms with E-state index in [0.29, 0.717) is 4.31 Å². The zero-order valence-corrected chi connectivity index (χ0v) is 7.83. The first-order valence-corrected chi connectivity index (χ1v) is 4.71. The summed E-state index contributed by atoms with van der Waals surface area (Å²) in [5.41, 5.74) is 4.97. The molecule has 0 spiro atoms. The summed E-state index contributed by atoms with van der Waals surface area (Å²) in [5, 5.41) is 0. The predicted octanol–water partition coefficient (Wildman–Crippen LogP) is -0.243. The Balaban J connectivity index is 4.48. The second-order valence-corrected chi connectivity index (χ2v) is 4.56. The Bertz CT molecular complexity index is 264. The Hall–Kier alpha value is -0.340. The van der Waals surface area contributed by atoms with Gasteiger partial charge in [-0.2, -0.15) is 13.1 Å². The van der Waals surface area contributed by atoms with Crippen LogP contribution >= 0.6 is 12.2 Å². The lowest BCUT2D eigenvalue weighted by molar-refractivity contribution is 0.224. The number of thiocarbonyl (C=S) groups is 1. The molecule has 0 atom stereocenters. The van der Waals surface area contributed by atoms with Crippen molar-refractivity contribution < 1.29 is 17.2 Å². The smallest absolute Gasteiger partial charge is 0.350 e. The summed E-state index contributed by atoms with van der Waals surface area (Å²) in [5.74, 6) is -3.43. The third kappa shape index (κ3) is 2.95. The molecule has 4 nitrogen and oxygen atoms in total. The van der Waals surface area contributed by atoms with Crippen molar-refractivity contribution in [2.45, 2.75) is 5.76 Å².